The van der Waals surface area contributed by atoms with Gasteiger partial charge in [-0.15, -0.1) is 12.4 Å². The maximum Gasteiger partial charge on any atom is 0.279 e. The van der Waals surface area contributed by atoms with Gasteiger partial charge in [0.05, 0.1) is 0 Å². The molecule has 5 nitrogen and oxygen atoms in total. The Morgan fingerprint density at radius 1 is 1.22 bits per heavy atom. The molecule has 2 N–H and O–H groups in total. The van der Waals surface area contributed by atoms with E-state index in [1.165, 1.54) is 0 Å². The van der Waals surface area contributed by atoms with Crippen molar-refractivity contribution < 1.29 is 8.42 Å². The van der Waals surface area contributed by atoms with Crippen LogP contribution in [0.15, 0.2) is 0 Å². The van der Waals surface area contributed by atoms with Gasteiger partial charge in [0, 0.05) is 19.1 Å². The number of nitrogens with one attached hydrogen (secondary N) is 2. The zero-order valence-electron chi connectivity index (χ0n) is 11.1. The van der Waals surface area contributed by atoms with E-state index in [0.717, 1.165) is 32.4 Å². The van der Waals surface area contributed by atoms with Gasteiger partial charge in [0.2, 0.25) is 0 Å². The summed E-state index contributed by atoms with van der Waals surface area (Å²) in [6.07, 6.45) is 3.20. The average molecular weight is 298 g/mol. The first-order valence-corrected chi connectivity index (χ1v) is 7.86. The number of nitrogens with zero attached hydrogens (tertiary/aromatic N) is 1. The van der Waals surface area contributed by atoms with Gasteiger partial charge in [-0.05, 0) is 51.6 Å². The summed E-state index contributed by atoms with van der Waals surface area (Å²) in [6.45, 7) is 7.11. The van der Waals surface area contributed by atoms with Crippen LogP contribution in [0, 0.1) is 5.41 Å². The molecular formula is C11H24ClN3O2S. The number of hydrogen-bond acceptors (Lipinski definition) is 3. The van der Waals surface area contributed by atoms with Crippen LogP contribution in [-0.4, -0.2) is 44.9 Å². The van der Waals surface area contributed by atoms with E-state index in [2.05, 4.69) is 10.0 Å². The van der Waals surface area contributed by atoms with Crippen LogP contribution in [0.2, 0.25) is 0 Å². The van der Waals surface area contributed by atoms with Crippen molar-refractivity contribution >= 4 is 22.6 Å². The maximum absolute atomic E-state index is 12.1. The molecule has 0 radical (unpaired) electrons. The Bertz CT molecular complexity index is 366. The minimum Gasteiger partial charge on any atom is -0.317 e. The highest BCUT2D eigenvalue weighted by atomic mass is 35.5. The zero-order valence-corrected chi connectivity index (χ0v) is 12.7. The van der Waals surface area contributed by atoms with Gasteiger partial charge in [-0.2, -0.15) is 17.4 Å². The lowest BCUT2D eigenvalue weighted by Gasteiger charge is -2.33. The molecule has 0 aromatic heterocycles. The summed E-state index contributed by atoms with van der Waals surface area (Å²) in [6, 6.07) is -0.0374. The quantitative estimate of drug-likeness (QED) is 0.807. The van der Waals surface area contributed by atoms with Crippen LogP contribution in [0.25, 0.3) is 0 Å². The fourth-order valence-corrected chi connectivity index (χ4v) is 4.36. The van der Waals surface area contributed by atoms with E-state index in [1.54, 1.807) is 4.31 Å². The van der Waals surface area contributed by atoms with E-state index in [9.17, 15) is 8.42 Å². The Balaban J connectivity index is 0.00000162. The zero-order chi connectivity index (χ0) is 12.5. The summed E-state index contributed by atoms with van der Waals surface area (Å²) in [5, 5.41) is 3.34. The molecule has 7 heteroatoms. The molecule has 0 aromatic carbocycles. The van der Waals surface area contributed by atoms with E-state index in [0.29, 0.717) is 13.1 Å². The summed E-state index contributed by atoms with van der Waals surface area (Å²) >= 11 is 0. The summed E-state index contributed by atoms with van der Waals surface area (Å²) < 4.78 is 28.4. The molecule has 0 atom stereocenters. The molecule has 2 saturated heterocycles. The Morgan fingerprint density at radius 2 is 1.83 bits per heavy atom. The molecule has 2 rings (SSSR count). The van der Waals surface area contributed by atoms with E-state index in [1.807, 2.05) is 13.8 Å². The van der Waals surface area contributed by atoms with Crippen LogP contribution < -0.4 is 10.0 Å². The van der Waals surface area contributed by atoms with E-state index < -0.39 is 10.2 Å². The van der Waals surface area contributed by atoms with Gasteiger partial charge in [0.25, 0.3) is 10.2 Å². The summed E-state index contributed by atoms with van der Waals surface area (Å²) in [5.74, 6) is 0. The molecule has 2 aliphatic rings. The highest BCUT2D eigenvalue weighted by molar-refractivity contribution is 7.87. The number of halogens is 1. The molecule has 0 unspecified atom stereocenters. The first-order chi connectivity index (χ1) is 7.94. The molecule has 0 amide bonds. The Morgan fingerprint density at radius 3 is 2.39 bits per heavy atom. The van der Waals surface area contributed by atoms with Crippen LogP contribution in [0.5, 0.6) is 0 Å². The predicted molar refractivity (Wildman–Crippen MR) is 75.2 cm³/mol. The van der Waals surface area contributed by atoms with Gasteiger partial charge in [0.1, 0.15) is 0 Å². The average Bonchev–Trinajstić information content (AvgIpc) is 2.62. The molecule has 1 spiro atoms. The molecule has 2 heterocycles. The van der Waals surface area contributed by atoms with Crippen molar-refractivity contribution in [3.8, 4) is 0 Å². The molecule has 2 aliphatic heterocycles. The number of hydrogen-bond donors (Lipinski definition) is 2. The molecule has 2 fully saturated rings. The van der Waals surface area contributed by atoms with Crippen molar-refractivity contribution in [2.45, 2.75) is 39.2 Å². The standard InChI is InChI=1S/C11H23N3O2S.ClH/c1-10(2)13-17(15,16)14-8-5-11(9-14)3-6-12-7-4-11;/h10,12-13H,3-9H2,1-2H3;1H. The summed E-state index contributed by atoms with van der Waals surface area (Å²) in [7, 11) is -3.27. The van der Waals surface area contributed by atoms with E-state index >= 15 is 0 Å². The second-order valence-electron chi connectivity index (χ2n) is 5.61. The predicted octanol–water partition coefficient (Wildman–Crippen LogP) is 0.726. The normalized spacial score (nSPS) is 24.4. The van der Waals surface area contributed by atoms with Crippen molar-refractivity contribution in [2.24, 2.45) is 5.41 Å². The van der Waals surface area contributed by atoms with Gasteiger partial charge in [0.15, 0.2) is 0 Å². The minimum atomic E-state index is -3.27. The van der Waals surface area contributed by atoms with Gasteiger partial charge in [-0.1, -0.05) is 0 Å². The Labute approximate surface area is 116 Å². The molecule has 0 aliphatic carbocycles. The van der Waals surface area contributed by atoms with E-state index in [-0.39, 0.29) is 23.9 Å². The van der Waals surface area contributed by atoms with Gasteiger partial charge >= 0.3 is 0 Å². The summed E-state index contributed by atoms with van der Waals surface area (Å²) in [4.78, 5) is 0. The topological polar surface area (TPSA) is 61.4 Å². The van der Waals surface area contributed by atoms with Crippen LogP contribution in [0.3, 0.4) is 0 Å². The second-order valence-corrected chi connectivity index (χ2v) is 7.31. The Kier molecular flexibility index (Phi) is 5.44. The lowest BCUT2D eigenvalue weighted by atomic mass is 9.78. The van der Waals surface area contributed by atoms with Crippen molar-refractivity contribution in [1.82, 2.24) is 14.3 Å². The van der Waals surface area contributed by atoms with Gasteiger partial charge in [-0.3, -0.25) is 0 Å². The van der Waals surface area contributed by atoms with Gasteiger partial charge in [-0.25, -0.2) is 0 Å². The third-order valence-corrected chi connectivity index (χ3v) is 5.55. The monoisotopic (exact) mass is 297 g/mol. The SMILES string of the molecule is CC(C)NS(=O)(=O)N1CCC2(CCNCC2)C1.Cl. The number of rotatable bonds is 3. The third-order valence-electron chi connectivity index (χ3n) is 3.79. The van der Waals surface area contributed by atoms with Crippen molar-refractivity contribution in [1.29, 1.82) is 0 Å². The summed E-state index contributed by atoms with van der Waals surface area (Å²) in [5.41, 5.74) is 0.233. The maximum atomic E-state index is 12.1. The number of piperidine rings is 1. The van der Waals surface area contributed by atoms with Crippen LogP contribution in [-0.2, 0) is 10.2 Å². The molecule has 0 aromatic rings. The lowest BCUT2D eigenvalue weighted by molar-refractivity contribution is 0.218. The fraction of sp³-hybridized carbons (Fsp3) is 1.00. The molecule has 18 heavy (non-hydrogen) atoms. The second kappa shape index (κ2) is 6.05. The van der Waals surface area contributed by atoms with Crippen LogP contribution >= 0.6 is 12.4 Å². The minimum absolute atomic E-state index is 0. The van der Waals surface area contributed by atoms with Crippen molar-refractivity contribution in [2.75, 3.05) is 26.2 Å². The molecule has 0 bridgehead atoms. The van der Waals surface area contributed by atoms with Crippen LogP contribution in [0.4, 0.5) is 0 Å². The van der Waals surface area contributed by atoms with E-state index in [4.69, 9.17) is 0 Å². The van der Waals surface area contributed by atoms with Crippen LogP contribution in [0.1, 0.15) is 33.1 Å². The fourth-order valence-electron chi connectivity index (χ4n) is 2.84. The first-order valence-electron chi connectivity index (χ1n) is 6.42. The highest BCUT2D eigenvalue weighted by Gasteiger charge is 2.42. The first kappa shape index (κ1) is 16.2. The Hall–Kier alpha value is 0.120. The third kappa shape index (κ3) is 3.57. The highest BCUT2D eigenvalue weighted by Crippen LogP contribution is 2.39. The largest absolute Gasteiger partial charge is 0.317 e. The molecule has 0 saturated carbocycles. The molecule has 108 valence electrons. The van der Waals surface area contributed by atoms with Gasteiger partial charge < -0.3 is 5.32 Å². The van der Waals surface area contributed by atoms with Crippen molar-refractivity contribution in [3.63, 3.8) is 0 Å². The van der Waals surface area contributed by atoms with Crippen molar-refractivity contribution in [3.05, 3.63) is 0 Å². The molecular weight excluding hydrogens is 274 g/mol. The smallest absolute Gasteiger partial charge is 0.279 e. The lowest BCUT2D eigenvalue weighted by Crippen LogP contribution is -2.45.